The van der Waals surface area contributed by atoms with Crippen LogP contribution in [0.2, 0.25) is 0 Å². The lowest BCUT2D eigenvalue weighted by molar-refractivity contribution is 0.469. The number of rotatable bonds is 3. The maximum absolute atomic E-state index is 12.7. The summed E-state index contributed by atoms with van der Waals surface area (Å²) in [5, 5.41) is 0. The summed E-state index contributed by atoms with van der Waals surface area (Å²) in [5.41, 5.74) is 2.78. The SMILES string of the molecule is Cc1ccc(S(=O)(=O)Oc2ccc(C(C)(C)C)cc2C(C)(C)C)cc1. The van der Waals surface area contributed by atoms with Gasteiger partial charge in [-0.2, -0.15) is 8.42 Å². The molecule has 0 saturated heterocycles. The number of benzene rings is 2. The molecular weight excluding hydrogens is 332 g/mol. The largest absolute Gasteiger partial charge is 0.379 e. The summed E-state index contributed by atoms with van der Waals surface area (Å²) in [6.07, 6.45) is 0. The lowest BCUT2D eigenvalue weighted by atomic mass is 9.80. The summed E-state index contributed by atoms with van der Waals surface area (Å²) in [6, 6.07) is 12.4. The lowest BCUT2D eigenvalue weighted by Crippen LogP contribution is -2.19. The fourth-order valence-corrected chi connectivity index (χ4v) is 3.47. The van der Waals surface area contributed by atoms with Crippen LogP contribution in [0.4, 0.5) is 0 Å². The van der Waals surface area contributed by atoms with E-state index in [1.54, 1.807) is 30.3 Å². The highest BCUT2D eigenvalue weighted by Crippen LogP contribution is 2.36. The van der Waals surface area contributed by atoms with Crippen molar-refractivity contribution < 1.29 is 12.6 Å². The van der Waals surface area contributed by atoms with Gasteiger partial charge in [0.05, 0.1) is 0 Å². The molecular formula is C21H28O3S. The molecule has 0 heterocycles. The van der Waals surface area contributed by atoms with E-state index in [0.717, 1.165) is 16.7 Å². The second-order valence-electron chi connectivity index (χ2n) is 8.56. The van der Waals surface area contributed by atoms with E-state index in [-0.39, 0.29) is 15.7 Å². The van der Waals surface area contributed by atoms with Crippen molar-refractivity contribution in [3.8, 4) is 5.75 Å². The molecule has 0 aromatic heterocycles. The topological polar surface area (TPSA) is 43.4 Å². The first kappa shape index (κ1) is 19.5. The molecule has 2 aromatic rings. The fourth-order valence-electron chi connectivity index (χ4n) is 2.53. The van der Waals surface area contributed by atoms with E-state index in [1.165, 1.54) is 0 Å². The van der Waals surface area contributed by atoms with E-state index >= 15 is 0 Å². The van der Waals surface area contributed by atoms with Crippen molar-refractivity contribution in [2.24, 2.45) is 0 Å². The van der Waals surface area contributed by atoms with Crippen LogP contribution >= 0.6 is 0 Å². The Labute approximate surface area is 152 Å². The van der Waals surface area contributed by atoms with Crippen LogP contribution in [0, 0.1) is 6.92 Å². The molecule has 0 radical (unpaired) electrons. The van der Waals surface area contributed by atoms with E-state index in [9.17, 15) is 8.42 Å². The monoisotopic (exact) mass is 360 g/mol. The van der Waals surface area contributed by atoms with Crippen LogP contribution in [0.25, 0.3) is 0 Å². The maximum Gasteiger partial charge on any atom is 0.339 e. The Hall–Kier alpha value is -1.81. The number of aryl methyl sites for hydroxylation is 1. The molecule has 0 saturated carbocycles. The molecule has 0 atom stereocenters. The first-order chi connectivity index (χ1) is 11.3. The Kier molecular flexibility index (Phi) is 5.06. The molecule has 2 aromatic carbocycles. The minimum absolute atomic E-state index is 0.0195. The molecule has 0 aliphatic heterocycles. The highest BCUT2D eigenvalue weighted by atomic mass is 32.2. The third kappa shape index (κ3) is 4.63. The van der Waals surface area contributed by atoms with Gasteiger partial charge in [0.2, 0.25) is 0 Å². The predicted octanol–water partition coefficient (Wildman–Crippen LogP) is 5.36. The molecule has 0 fully saturated rings. The highest BCUT2D eigenvalue weighted by Gasteiger charge is 2.26. The van der Waals surface area contributed by atoms with E-state index in [2.05, 4.69) is 47.6 Å². The lowest BCUT2D eigenvalue weighted by Gasteiger charge is -2.27. The van der Waals surface area contributed by atoms with Crippen molar-refractivity contribution >= 4 is 10.1 Å². The Morgan fingerprint density at radius 2 is 1.36 bits per heavy atom. The Balaban J connectivity index is 2.50. The summed E-state index contributed by atoms with van der Waals surface area (Å²) in [7, 11) is -3.86. The van der Waals surface area contributed by atoms with Crippen molar-refractivity contribution in [2.75, 3.05) is 0 Å². The van der Waals surface area contributed by atoms with Gasteiger partial charge in [-0.3, -0.25) is 0 Å². The van der Waals surface area contributed by atoms with E-state index < -0.39 is 10.1 Å². The minimum atomic E-state index is -3.86. The van der Waals surface area contributed by atoms with Gasteiger partial charge in [-0.1, -0.05) is 71.4 Å². The average Bonchev–Trinajstić information content (AvgIpc) is 2.45. The van der Waals surface area contributed by atoms with Gasteiger partial charge >= 0.3 is 10.1 Å². The third-order valence-electron chi connectivity index (χ3n) is 4.16. The summed E-state index contributed by atoms with van der Waals surface area (Å²) < 4.78 is 30.8. The quantitative estimate of drug-likeness (QED) is 0.692. The Morgan fingerprint density at radius 3 is 1.84 bits per heavy atom. The van der Waals surface area contributed by atoms with Crippen LogP contribution in [0.1, 0.15) is 58.2 Å². The third-order valence-corrected chi connectivity index (χ3v) is 5.41. The smallest absolute Gasteiger partial charge is 0.339 e. The van der Waals surface area contributed by atoms with Gasteiger partial charge in [-0.05, 0) is 41.5 Å². The standard InChI is InChI=1S/C21H28O3S/c1-15-8-11-17(12-9-15)25(22,23)24-19-13-10-16(20(2,3)4)14-18(19)21(5,6)7/h8-14H,1-7H3. The van der Waals surface area contributed by atoms with Crippen LogP contribution < -0.4 is 4.18 Å². The van der Waals surface area contributed by atoms with E-state index in [4.69, 9.17) is 4.18 Å². The summed E-state index contributed by atoms with van der Waals surface area (Å²) in [4.78, 5) is 0.165. The zero-order valence-electron chi connectivity index (χ0n) is 16.2. The molecule has 3 nitrogen and oxygen atoms in total. The van der Waals surface area contributed by atoms with Crippen LogP contribution in [-0.4, -0.2) is 8.42 Å². The fraction of sp³-hybridized carbons (Fsp3) is 0.429. The Bertz CT molecular complexity index is 849. The molecule has 25 heavy (non-hydrogen) atoms. The van der Waals surface area contributed by atoms with Crippen molar-refractivity contribution in [2.45, 2.75) is 64.2 Å². The van der Waals surface area contributed by atoms with Crippen LogP contribution in [0.5, 0.6) is 5.75 Å². The molecule has 136 valence electrons. The van der Waals surface area contributed by atoms with Crippen molar-refractivity contribution in [1.82, 2.24) is 0 Å². The number of hydrogen-bond acceptors (Lipinski definition) is 3. The minimum Gasteiger partial charge on any atom is -0.379 e. The van der Waals surface area contributed by atoms with Gasteiger partial charge in [0.25, 0.3) is 0 Å². The molecule has 0 amide bonds. The van der Waals surface area contributed by atoms with Crippen molar-refractivity contribution in [3.63, 3.8) is 0 Å². The highest BCUT2D eigenvalue weighted by molar-refractivity contribution is 7.87. The first-order valence-electron chi connectivity index (χ1n) is 8.47. The predicted molar refractivity (Wildman–Crippen MR) is 103 cm³/mol. The van der Waals surface area contributed by atoms with Gasteiger partial charge in [0.1, 0.15) is 10.6 Å². The van der Waals surface area contributed by atoms with Gasteiger partial charge in [0.15, 0.2) is 0 Å². The zero-order chi connectivity index (χ0) is 19.0. The van der Waals surface area contributed by atoms with Gasteiger partial charge < -0.3 is 4.18 Å². The second kappa shape index (κ2) is 6.49. The van der Waals surface area contributed by atoms with Crippen molar-refractivity contribution in [3.05, 3.63) is 59.2 Å². The molecule has 0 bridgehead atoms. The van der Waals surface area contributed by atoms with E-state index in [0.29, 0.717) is 5.75 Å². The summed E-state index contributed by atoms with van der Waals surface area (Å²) in [6.45, 7) is 14.5. The molecule has 0 unspecified atom stereocenters. The molecule has 0 aliphatic rings. The van der Waals surface area contributed by atoms with Gasteiger partial charge in [-0.15, -0.1) is 0 Å². The molecule has 0 aliphatic carbocycles. The van der Waals surface area contributed by atoms with Crippen LogP contribution in [0.15, 0.2) is 47.4 Å². The van der Waals surface area contributed by atoms with Crippen LogP contribution in [-0.2, 0) is 20.9 Å². The zero-order valence-corrected chi connectivity index (χ0v) is 17.0. The second-order valence-corrected chi connectivity index (χ2v) is 10.1. The Morgan fingerprint density at radius 1 is 0.800 bits per heavy atom. The molecule has 4 heteroatoms. The van der Waals surface area contributed by atoms with Crippen LogP contribution in [0.3, 0.4) is 0 Å². The number of hydrogen-bond donors (Lipinski definition) is 0. The maximum atomic E-state index is 12.7. The molecule has 2 rings (SSSR count). The van der Waals surface area contributed by atoms with Gasteiger partial charge in [-0.25, -0.2) is 0 Å². The normalized spacial score (nSPS) is 12.9. The van der Waals surface area contributed by atoms with Gasteiger partial charge in [0, 0.05) is 5.56 Å². The van der Waals surface area contributed by atoms with Crippen molar-refractivity contribution in [1.29, 1.82) is 0 Å². The first-order valence-corrected chi connectivity index (χ1v) is 9.88. The average molecular weight is 361 g/mol. The molecule has 0 spiro atoms. The summed E-state index contributed by atoms with van der Waals surface area (Å²) in [5.74, 6) is 0.390. The summed E-state index contributed by atoms with van der Waals surface area (Å²) >= 11 is 0. The van der Waals surface area contributed by atoms with E-state index in [1.807, 2.05) is 13.0 Å². The molecule has 0 N–H and O–H groups in total.